The van der Waals surface area contributed by atoms with Crippen molar-refractivity contribution in [2.45, 2.75) is 78.7 Å². The van der Waals surface area contributed by atoms with Gasteiger partial charge in [0.05, 0.1) is 25.4 Å². The lowest BCUT2D eigenvalue weighted by Crippen LogP contribution is -2.52. The zero-order chi connectivity index (χ0) is 17.6. The highest BCUT2D eigenvalue weighted by atomic mass is 16.5. The standard InChI is InChI=1S/C20H40O3/c1-17(2)18(3,4)20(14-21-6,15-22-7)16-23-19(5)12-10-8-9-11-13-19/h17H,8-16H2,1-7H3. The van der Waals surface area contributed by atoms with E-state index in [9.17, 15) is 0 Å². The van der Waals surface area contributed by atoms with Crippen molar-refractivity contribution >= 4 is 0 Å². The van der Waals surface area contributed by atoms with Crippen LogP contribution in [0.2, 0.25) is 0 Å². The summed E-state index contributed by atoms with van der Waals surface area (Å²) in [7, 11) is 3.57. The minimum absolute atomic E-state index is 0.0102. The smallest absolute Gasteiger partial charge is 0.0654 e. The molecule has 3 heteroatoms. The van der Waals surface area contributed by atoms with E-state index in [0.717, 1.165) is 0 Å². The fraction of sp³-hybridized carbons (Fsp3) is 1.00. The molecular weight excluding hydrogens is 288 g/mol. The molecule has 0 atom stereocenters. The largest absolute Gasteiger partial charge is 0.384 e. The van der Waals surface area contributed by atoms with E-state index < -0.39 is 0 Å². The molecule has 0 radical (unpaired) electrons. The minimum Gasteiger partial charge on any atom is -0.384 e. The summed E-state index contributed by atoms with van der Waals surface area (Å²) in [5, 5.41) is 0. The molecule has 23 heavy (non-hydrogen) atoms. The number of rotatable bonds is 9. The van der Waals surface area contributed by atoms with E-state index in [-0.39, 0.29) is 16.4 Å². The average Bonchev–Trinajstić information content (AvgIpc) is 2.70. The lowest BCUT2D eigenvalue weighted by Gasteiger charge is -2.49. The Morgan fingerprint density at radius 3 is 1.74 bits per heavy atom. The van der Waals surface area contributed by atoms with Gasteiger partial charge in [-0.3, -0.25) is 0 Å². The lowest BCUT2D eigenvalue weighted by atomic mass is 9.61. The second kappa shape index (κ2) is 8.82. The average molecular weight is 329 g/mol. The third-order valence-corrected chi connectivity index (χ3v) is 6.51. The lowest BCUT2D eigenvalue weighted by molar-refractivity contribution is -0.165. The highest BCUT2D eigenvalue weighted by Crippen LogP contribution is 2.46. The van der Waals surface area contributed by atoms with Crippen LogP contribution in [0, 0.1) is 16.7 Å². The molecule has 0 heterocycles. The molecule has 0 saturated heterocycles. The van der Waals surface area contributed by atoms with Crippen molar-refractivity contribution in [3.63, 3.8) is 0 Å². The van der Waals surface area contributed by atoms with Gasteiger partial charge in [0.15, 0.2) is 0 Å². The summed E-state index contributed by atoms with van der Waals surface area (Å²) in [5.74, 6) is 0.526. The van der Waals surface area contributed by atoms with Crippen molar-refractivity contribution in [1.29, 1.82) is 0 Å². The summed E-state index contributed by atoms with van der Waals surface area (Å²) < 4.78 is 17.9. The Labute approximate surface area is 144 Å². The summed E-state index contributed by atoms with van der Waals surface area (Å²) in [6, 6.07) is 0. The summed E-state index contributed by atoms with van der Waals surface area (Å²) >= 11 is 0. The number of methoxy groups -OCH3 is 2. The molecule has 1 saturated carbocycles. The van der Waals surface area contributed by atoms with Crippen molar-refractivity contribution < 1.29 is 14.2 Å². The second-order valence-corrected chi connectivity index (χ2v) is 8.68. The first-order valence-electron chi connectivity index (χ1n) is 9.35. The molecule has 0 N–H and O–H groups in total. The van der Waals surface area contributed by atoms with Crippen molar-refractivity contribution in [1.82, 2.24) is 0 Å². The third-order valence-electron chi connectivity index (χ3n) is 6.51. The first-order chi connectivity index (χ1) is 10.7. The van der Waals surface area contributed by atoms with E-state index in [2.05, 4.69) is 34.6 Å². The Kier molecular flexibility index (Phi) is 8.03. The van der Waals surface area contributed by atoms with Crippen LogP contribution in [0.15, 0.2) is 0 Å². The van der Waals surface area contributed by atoms with Crippen LogP contribution < -0.4 is 0 Å². The fourth-order valence-corrected chi connectivity index (χ4v) is 3.78. The predicted octanol–water partition coefficient (Wildman–Crippen LogP) is 5.08. The molecule has 0 unspecified atom stereocenters. The van der Waals surface area contributed by atoms with Crippen LogP contribution in [0.5, 0.6) is 0 Å². The van der Waals surface area contributed by atoms with E-state index in [0.29, 0.717) is 25.7 Å². The molecule has 1 aliphatic rings. The van der Waals surface area contributed by atoms with Crippen molar-refractivity contribution in [3.05, 3.63) is 0 Å². The summed E-state index contributed by atoms with van der Waals surface area (Å²) in [5.41, 5.74) is -0.0453. The van der Waals surface area contributed by atoms with Gasteiger partial charge in [-0.15, -0.1) is 0 Å². The Morgan fingerprint density at radius 1 is 0.870 bits per heavy atom. The number of hydrogen-bond acceptors (Lipinski definition) is 3. The Bertz CT molecular complexity index is 322. The monoisotopic (exact) mass is 328 g/mol. The molecule has 0 aromatic heterocycles. The maximum atomic E-state index is 6.60. The van der Waals surface area contributed by atoms with Gasteiger partial charge in [-0.05, 0) is 31.1 Å². The van der Waals surface area contributed by atoms with Gasteiger partial charge in [-0.25, -0.2) is 0 Å². The predicted molar refractivity (Wildman–Crippen MR) is 96.9 cm³/mol. The van der Waals surface area contributed by atoms with Crippen LogP contribution in [0.1, 0.15) is 73.1 Å². The zero-order valence-electron chi connectivity index (χ0n) is 16.7. The molecule has 3 nitrogen and oxygen atoms in total. The highest BCUT2D eigenvalue weighted by molar-refractivity contribution is 4.96. The van der Waals surface area contributed by atoms with E-state index in [1.54, 1.807) is 14.2 Å². The van der Waals surface area contributed by atoms with E-state index in [1.165, 1.54) is 38.5 Å². The fourth-order valence-electron chi connectivity index (χ4n) is 3.78. The van der Waals surface area contributed by atoms with Crippen molar-refractivity contribution in [2.24, 2.45) is 16.7 Å². The van der Waals surface area contributed by atoms with E-state index in [1.807, 2.05) is 0 Å². The minimum atomic E-state index is -0.125. The Hall–Kier alpha value is -0.120. The normalized spacial score (nSPS) is 19.8. The van der Waals surface area contributed by atoms with Crippen LogP contribution in [-0.4, -0.2) is 39.6 Å². The molecule has 1 rings (SSSR count). The van der Waals surface area contributed by atoms with Gasteiger partial charge in [0.1, 0.15) is 0 Å². The zero-order valence-corrected chi connectivity index (χ0v) is 16.7. The quantitative estimate of drug-likeness (QED) is 0.553. The molecule has 0 aromatic carbocycles. The molecule has 0 bridgehead atoms. The number of ether oxygens (including phenoxy) is 3. The van der Waals surface area contributed by atoms with Crippen LogP contribution in [0.4, 0.5) is 0 Å². The van der Waals surface area contributed by atoms with Gasteiger partial charge < -0.3 is 14.2 Å². The van der Waals surface area contributed by atoms with Gasteiger partial charge in [0.2, 0.25) is 0 Å². The van der Waals surface area contributed by atoms with Gasteiger partial charge in [-0.1, -0.05) is 53.4 Å². The molecule has 138 valence electrons. The van der Waals surface area contributed by atoms with E-state index in [4.69, 9.17) is 14.2 Å². The van der Waals surface area contributed by atoms with Gasteiger partial charge in [0, 0.05) is 19.6 Å². The molecule has 0 aliphatic heterocycles. The molecule has 0 spiro atoms. The maximum absolute atomic E-state index is 6.60. The van der Waals surface area contributed by atoms with Crippen molar-refractivity contribution in [2.75, 3.05) is 34.0 Å². The van der Waals surface area contributed by atoms with Crippen molar-refractivity contribution in [3.8, 4) is 0 Å². The van der Waals surface area contributed by atoms with E-state index >= 15 is 0 Å². The van der Waals surface area contributed by atoms with Crippen LogP contribution in [0.25, 0.3) is 0 Å². The second-order valence-electron chi connectivity index (χ2n) is 8.68. The first-order valence-corrected chi connectivity index (χ1v) is 9.35. The summed E-state index contributed by atoms with van der Waals surface area (Å²) in [6.45, 7) is 13.6. The third kappa shape index (κ3) is 5.17. The Morgan fingerprint density at radius 2 is 1.35 bits per heavy atom. The molecular formula is C20H40O3. The van der Waals surface area contributed by atoms with Gasteiger partial charge >= 0.3 is 0 Å². The number of hydrogen-bond donors (Lipinski definition) is 0. The summed E-state index contributed by atoms with van der Waals surface area (Å²) in [6.07, 6.45) is 7.60. The first kappa shape index (κ1) is 20.9. The topological polar surface area (TPSA) is 27.7 Å². The maximum Gasteiger partial charge on any atom is 0.0654 e. The highest BCUT2D eigenvalue weighted by Gasteiger charge is 2.48. The van der Waals surface area contributed by atoms with Gasteiger partial charge in [0.25, 0.3) is 0 Å². The SMILES string of the molecule is COCC(COC)(COC1(C)CCCCCC1)C(C)(C)C(C)C. The molecule has 0 amide bonds. The summed E-state index contributed by atoms with van der Waals surface area (Å²) in [4.78, 5) is 0. The molecule has 0 aromatic rings. The van der Waals surface area contributed by atoms with Crippen LogP contribution in [-0.2, 0) is 14.2 Å². The Balaban J connectivity index is 2.95. The van der Waals surface area contributed by atoms with Gasteiger partial charge in [-0.2, -0.15) is 0 Å². The molecule has 1 aliphatic carbocycles. The van der Waals surface area contributed by atoms with Crippen LogP contribution >= 0.6 is 0 Å². The molecule has 1 fully saturated rings. The van der Waals surface area contributed by atoms with Crippen LogP contribution in [0.3, 0.4) is 0 Å².